The molecule has 2 atom stereocenters. The van der Waals surface area contributed by atoms with Gasteiger partial charge in [0, 0.05) is 5.56 Å². The Bertz CT molecular complexity index is 613. The molecule has 1 N–H and O–H groups in total. The first-order chi connectivity index (χ1) is 9.16. The normalized spacial score (nSPS) is 18.8. The monoisotopic (exact) mass is 262 g/mol. The van der Waals surface area contributed by atoms with Gasteiger partial charge in [-0.05, 0) is 23.8 Å². The van der Waals surface area contributed by atoms with Crippen molar-refractivity contribution in [2.24, 2.45) is 0 Å². The number of halogens is 2. The Labute approximate surface area is 109 Å². The molecule has 0 fully saturated rings. The predicted octanol–water partition coefficient (Wildman–Crippen LogP) is 3.17. The SMILES string of the molecule is OC(c1ccc(F)c(F)c1)C1COc2ccccc21. The lowest BCUT2D eigenvalue weighted by atomic mass is 9.91. The van der Waals surface area contributed by atoms with Crippen LogP contribution in [-0.4, -0.2) is 11.7 Å². The number of hydrogen-bond acceptors (Lipinski definition) is 2. The molecule has 0 spiro atoms. The average Bonchev–Trinajstić information content (AvgIpc) is 2.85. The van der Waals surface area contributed by atoms with E-state index in [0.717, 1.165) is 23.4 Å². The van der Waals surface area contributed by atoms with Crippen LogP contribution >= 0.6 is 0 Å². The molecule has 0 amide bonds. The Morgan fingerprint density at radius 2 is 1.89 bits per heavy atom. The summed E-state index contributed by atoms with van der Waals surface area (Å²) in [4.78, 5) is 0. The van der Waals surface area contributed by atoms with Crippen LogP contribution in [0, 0.1) is 11.6 Å². The van der Waals surface area contributed by atoms with Gasteiger partial charge >= 0.3 is 0 Å². The number of benzene rings is 2. The molecule has 0 radical (unpaired) electrons. The van der Waals surface area contributed by atoms with Gasteiger partial charge in [-0.2, -0.15) is 0 Å². The Morgan fingerprint density at radius 1 is 1.11 bits per heavy atom. The van der Waals surface area contributed by atoms with Crippen LogP contribution in [0.4, 0.5) is 8.78 Å². The first kappa shape index (κ1) is 12.1. The maximum absolute atomic E-state index is 13.2. The van der Waals surface area contributed by atoms with Crippen molar-refractivity contribution in [3.8, 4) is 5.75 Å². The highest BCUT2D eigenvalue weighted by molar-refractivity contribution is 5.41. The van der Waals surface area contributed by atoms with Crippen molar-refractivity contribution < 1.29 is 18.6 Å². The molecule has 1 heterocycles. The van der Waals surface area contributed by atoms with Crippen molar-refractivity contribution in [3.63, 3.8) is 0 Å². The van der Waals surface area contributed by atoms with Gasteiger partial charge in [-0.25, -0.2) is 8.78 Å². The molecule has 1 aliphatic rings. The summed E-state index contributed by atoms with van der Waals surface area (Å²) in [6, 6.07) is 10.9. The van der Waals surface area contributed by atoms with Gasteiger partial charge in [-0.1, -0.05) is 24.3 Å². The van der Waals surface area contributed by atoms with E-state index in [-0.39, 0.29) is 5.92 Å². The van der Waals surface area contributed by atoms with Crippen LogP contribution in [0.2, 0.25) is 0 Å². The first-order valence-corrected chi connectivity index (χ1v) is 6.01. The Balaban J connectivity index is 1.93. The number of para-hydroxylation sites is 1. The summed E-state index contributed by atoms with van der Waals surface area (Å²) in [6.45, 7) is 0.333. The molecule has 19 heavy (non-hydrogen) atoms. The van der Waals surface area contributed by atoms with Crippen molar-refractivity contribution in [2.75, 3.05) is 6.61 Å². The van der Waals surface area contributed by atoms with Gasteiger partial charge in [0.1, 0.15) is 5.75 Å². The molecule has 3 rings (SSSR count). The molecule has 0 aromatic heterocycles. The van der Waals surface area contributed by atoms with Crippen LogP contribution in [0.5, 0.6) is 5.75 Å². The molecule has 4 heteroatoms. The van der Waals surface area contributed by atoms with Crippen LogP contribution in [0.25, 0.3) is 0 Å². The zero-order chi connectivity index (χ0) is 13.4. The Kier molecular flexibility index (Phi) is 2.95. The summed E-state index contributed by atoms with van der Waals surface area (Å²) in [5.74, 6) is -1.40. The molecular weight excluding hydrogens is 250 g/mol. The second-order valence-electron chi connectivity index (χ2n) is 4.57. The van der Waals surface area contributed by atoms with Crippen molar-refractivity contribution in [3.05, 3.63) is 65.2 Å². The predicted molar refractivity (Wildman–Crippen MR) is 66.0 cm³/mol. The highest BCUT2D eigenvalue weighted by atomic mass is 19.2. The highest BCUT2D eigenvalue weighted by Gasteiger charge is 2.31. The van der Waals surface area contributed by atoms with Gasteiger partial charge in [0.05, 0.1) is 18.6 Å². The van der Waals surface area contributed by atoms with E-state index >= 15 is 0 Å². The summed E-state index contributed by atoms with van der Waals surface area (Å²) < 4.78 is 31.6. The average molecular weight is 262 g/mol. The van der Waals surface area contributed by atoms with Gasteiger partial charge in [0.15, 0.2) is 11.6 Å². The lowest BCUT2D eigenvalue weighted by Crippen LogP contribution is -2.12. The molecule has 2 aromatic carbocycles. The topological polar surface area (TPSA) is 29.5 Å². The zero-order valence-corrected chi connectivity index (χ0v) is 10.0. The molecule has 2 nitrogen and oxygen atoms in total. The lowest BCUT2D eigenvalue weighted by Gasteiger charge is -2.17. The standard InChI is InChI=1S/C15H12F2O2/c16-12-6-5-9(7-13(12)17)15(18)11-8-19-14-4-2-1-3-10(11)14/h1-7,11,15,18H,8H2. The number of rotatable bonds is 2. The summed E-state index contributed by atoms with van der Waals surface area (Å²) in [5, 5.41) is 10.3. The second kappa shape index (κ2) is 4.63. The van der Waals surface area contributed by atoms with Crippen molar-refractivity contribution in [1.82, 2.24) is 0 Å². The van der Waals surface area contributed by atoms with Gasteiger partial charge < -0.3 is 9.84 Å². The van der Waals surface area contributed by atoms with Crippen molar-refractivity contribution >= 4 is 0 Å². The van der Waals surface area contributed by atoms with Crippen LogP contribution in [0.1, 0.15) is 23.1 Å². The summed E-state index contributed by atoms with van der Waals surface area (Å²) >= 11 is 0. The van der Waals surface area contributed by atoms with Crippen LogP contribution in [-0.2, 0) is 0 Å². The quantitative estimate of drug-likeness (QED) is 0.900. The largest absolute Gasteiger partial charge is 0.493 e. The Hall–Kier alpha value is -1.94. The minimum absolute atomic E-state index is 0.263. The second-order valence-corrected chi connectivity index (χ2v) is 4.57. The van der Waals surface area contributed by atoms with Gasteiger partial charge in [-0.3, -0.25) is 0 Å². The highest BCUT2D eigenvalue weighted by Crippen LogP contribution is 2.41. The van der Waals surface area contributed by atoms with E-state index in [0.29, 0.717) is 12.2 Å². The maximum atomic E-state index is 13.2. The summed E-state index contributed by atoms with van der Waals surface area (Å²) in [5.41, 5.74) is 1.24. The molecule has 0 aliphatic carbocycles. The number of aliphatic hydroxyl groups excluding tert-OH is 1. The van der Waals surface area contributed by atoms with Gasteiger partial charge in [0.2, 0.25) is 0 Å². The Morgan fingerprint density at radius 3 is 2.68 bits per heavy atom. The molecule has 2 aromatic rings. The summed E-state index contributed by atoms with van der Waals surface area (Å²) in [6.07, 6.45) is -0.918. The third-order valence-corrected chi connectivity index (χ3v) is 3.40. The third kappa shape index (κ3) is 2.08. The fourth-order valence-corrected chi connectivity index (χ4v) is 2.38. The number of hydrogen-bond donors (Lipinski definition) is 1. The fourth-order valence-electron chi connectivity index (χ4n) is 2.38. The van der Waals surface area contributed by atoms with E-state index in [2.05, 4.69) is 0 Å². The number of aliphatic hydroxyl groups is 1. The molecular formula is C15H12F2O2. The van der Waals surface area contributed by atoms with Crippen LogP contribution in [0.3, 0.4) is 0 Å². The minimum Gasteiger partial charge on any atom is -0.493 e. The van der Waals surface area contributed by atoms with Crippen LogP contribution in [0.15, 0.2) is 42.5 Å². The van der Waals surface area contributed by atoms with Crippen molar-refractivity contribution in [2.45, 2.75) is 12.0 Å². The third-order valence-electron chi connectivity index (χ3n) is 3.40. The number of ether oxygens (including phenoxy) is 1. The number of fused-ring (bicyclic) bond motifs is 1. The van der Waals surface area contributed by atoms with E-state index in [1.165, 1.54) is 6.07 Å². The molecule has 0 saturated heterocycles. The lowest BCUT2D eigenvalue weighted by molar-refractivity contribution is 0.129. The maximum Gasteiger partial charge on any atom is 0.159 e. The molecule has 0 bridgehead atoms. The molecule has 98 valence electrons. The van der Waals surface area contributed by atoms with Crippen LogP contribution < -0.4 is 4.74 Å². The van der Waals surface area contributed by atoms with E-state index in [9.17, 15) is 13.9 Å². The minimum atomic E-state index is -0.955. The first-order valence-electron chi connectivity index (χ1n) is 6.01. The van der Waals surface area contributed by atoms with E-state index in [1.807, 2.05) is 24.3 Å². The van der Waals surface area contributed by atoms with Crippen molar-refractivity contribution in [1.29, 1.82) is 0 Å². The smallest absolute Gasteiger partial charge is 0.159 e. The molecule has 0 saturated carbocycles. The summed E-state index contributed by atoms with van der Waals surface area (Å²) in [7, 11) is 0. The zero-order valence-electron chi connectivity index (χ0n) is 10.0. The van der Waals surface area contributed by atoms with E-state index in [1.54, 1.807) is 0 Å². The van der Waals surface area contributed by atoms with Gasteiger partial charge in [-0.15, -0.1) is 0 Å². The van der Waals surface area contributed by atoms with Gasteiger partial charge in [0.25, 0.3) is 0 Å². The molecule has 1 aliphatic heterocycles. The van der Waals surface area contributed by atoms with E-state index in [4.69, 9.17) is 4.74 Å². The molecule has 2 unspecified atom stereocenters. The fraction of sp³-hybridized carbons (Fsp3) is 0.200. The van der Waals surface area contributed by atoms with E-state index < -0.39 is 17.7 Å².